The normalized spacial score (nSPS) is 9.83. The molecule has 4 nitrogen and oxygen atoms in total. The molecule has 0 unspecified atom stereocenters. The van der Waals surface area contributed by atoms with Crippen molar-refractivity contribution >= 4 is 0 Å². The molecule has 1 rings (SSSR count). The fourth-order valence-electron chi connectivity index (χ4n) is 0.755. The molecule has 0 atom stereocenters. The maximum atomic E-state index is 11.1. The van der Waals surface area contributed by atoms with Gasteiger partial charge in [0.2, 0.25) is 11.2 Å². The van der Waals surface area contributed by atoms with E-state index in [-0.39, 0.29) is 24.4 Å². The van der Waals surface area contributed by atoms with Gasteiger partial charge in [-0.1, -0.05) is 0 Å². The molecule has 1 aromatic rings. The van der Waals surface area contributed by atoms with Gasteiger partial charge in [-0.3, -0.25) is 4.79 Å². The van der Waals surface area contributed by atoms with Gasteiger partial charge in [-0.2, -0.15) is 0 Å². The maximum absolute atomic E-state index is 11.1. The third-order valence-corrected chi connectivity index (χ3v) is 1.28. The smallest absolute Gasteiger partial charge is 0.226 e. The van der Waals surface area contributed by atoms with E-state index in [1.807, 2.05) is 0 Å². The van der Waals surface area contributed by atoms with Crippen molar-refractivity contribution in [3.8, 4) is 5.75 Å². The molecule has 0 aliphatic rings. The Morgan fingerprint density at radius 2 is 2.42 bits per heavy atom. The number of aliphatic hydroxyl groups is 1. The largest absolute Gasteiger partial charge is 0.484 e. The summed E-state index contributed by atoms with van der Waals surface area (Å²) < 4.78 is 9.81. The van der Waals surface area contributed by atoms with Crippen molar-refractivity contribution in [3.63, 3.8) is 0 Å². The van der Waals surface area contributed by atoms with Gasteiger partial charge in [0.15, 0.2) is 0 Å². The molecule has 0 bridgehead atoms. The van der Waals surface area contributed by atoms with E-state index in [2.05, 4.69) is 0 Å². The van der Waals surface area contributed by atoms with E-state index in [4.69, 9.17) is 14.3 Å². The lowest BCUT2D eigenvalue weighted by molar-refractivity contribution is 0.197. The van der Waals surface area contributed by atoms with Crippen molar-refractivity contribution in [2.24, 2.45) is 0 Å². The van der Waals surface area contributed by atoms with Crippen LogP contribution in [0, 0.1) is 6.92 Å². The van der Waals surface area contributed by atoms with Crippen LogP contribution in [0.2, 0.25) is 0 Å². The van der Waals surface area contributed by atoms with E-state index in [0.717, 1.165) is 0 Å². The highest BCUT2D eigenvalue weighted by atomic mass is 16.5. The summed E-state index contributed by atoms with van der Waals surface area (Å²) in [4.78, 5) is 11.1. The minimum Gasteiger partial charge on any atom is -0.484 e. The first-order valence-corrected chi connectivity index (χ1v) is 3.57. The predicted molar refractivity (Wildman–Crippen MR) is 42.3 cm³/mol. The molecule has 0 aliphatic heterocycles. The SMILES string of the molecule is Cc1cc(=O)c(OCCO)co1. The van der Waals surface area contributed by atoms with Crippen LogP contribution in [0.1, 0.15) is 5.76 Å². The number of aliphatic hydroxyl groups excluding tert-OH is 1. The minimum atomic E-state index is -0.229. The first kappa shape index (κ1) is 8.80. The minimum absolute atomic E-state index is 0.105. The van der Waals surface area contributed by atoms with E-state index >= 15 is 0 Å². The fraction of sp³-hybridized carbons (Fsp3) is 0.375. The Bertz CT molecular complexity index is 302. The number of aryl methyl sites for hydroxylation is 1. The second kappa shape index (κ2) is 3.92. The monoisotopic (exact) mass is 170 g/mol. The van der Waals surface area contributed by atoms with Crippen LogP contribution in [0.15, 0.2) is 21.5 Å². The standard InChI is InChI=1S/C8H10O4/c1-6-4-7(10)8(5-12-6)11-3-2-9/h4-5,9H,2-3H2,1H3. The zero-order valence-electron chi connectivity index (χ0n) is 6.74. The van der Waals surface area contributed by atoms with Crippen LogP contribution in [-0.2, 0) is 0 Å². The molecule has 4 heteroatoms. The molecule has 1 aromatic heterocycles. The summed E-state index contributed by atoms with van der Waals surface area (Å²) in [6.45, 7) is 1.67. The molecular formula is C8H10O4. The maximum Gasteiger partial charge on any atom is 0.226 e. The highest BCUT2D eigenvalue weighted by molar-refractivity contribution is 5.16. The Hall–Kier alpha value is -1.29. The van der Waals surface area contributed by atoms with Gasteiger partial charge in [-0.15, -0.1) is 0 Å². The van der Waals surface area contributed by atoms with Gasteiger partial charge in [-0.05, 0) is 6.92 Å². The van der Waals surface area contributed by atoms with Crippen LogP contribution in [0.5, 0.6) is 5.75 Å². The lowest BCUT2D eigenvalue weighted by Crippen LogP contribution is -2.10. The third-order valence-electron chi connectivity index (χ3n) is 1.28. The van der Waals surface area contributed by atoms with Gasteiger partial charge in [-0.25, -0.2) is 0 Å². The Balaban J connectivity index is 2.80. The molecule has 0 saturated carbocycles. The molecule has 1 N–H and O–H groups in total. The highest BCUT2D eigenvalue weighted by Gasteiger charge is 2.00. The van der Waals surface area contributed by atoms with Gasteiger partial charge < -0.3 is 14.3 Å². The summed E-state index contributed by atoms with van der Waals surface area (Å²) in [6, 6.07) is 1.34. The lowest BCUT2D eigenvalue weighted by atomic mass is 10.4. The van der Waals surface area contributed by atoms with Crippen LogP contribution >= 0.6 is 0 Å². The van der Waals surface area contributed by atoms with Crippen molar-refractivity contribution in [1.82, 2.24) is 0 Å². The van der Waals surface area contributed by atoms with Crippen molar-refractivity contribution in [2.75, 3.05) is 13.2 Å². The van der Waals surface area contributed by atoms with Gasteiger partial charge in [0.05, 0.1) is 6.61 Å². The first-order valence-electron chi connectivity index (χ1n) is 3.57. The first-order chi connectivity index (χ1) is 5.74. The van der Waals surface area contributed by atoms with Crippen LogP contribution in [-0.4, -0.2) is 18.3 Å². The van der Waals surface area contributed by atoms with E-state index in [0.29, 0.717) is 5.76 Å². The summed E-state index contributed by atoms with van der Waals surface area (Å²) in [7, 11) is 0. The fourth-order valence-corrected chi connectivity index (χ4v) is 0.755. The average molecular weight is 170 g/mol. The van der Waals surface area contributed by atoms with E-state index in [1.165, 1.54) is 12.3 Å². The van der Waals surface area contributed by atoms with Crippen LogP contribution in [0.25, 0.3) is 0 Å². The third kappa shape index (κ3) is 2.10. The van der Waals surface area contributed by atoms with Crippen molar-refractivity contribution in [1.29, 1.82) is 0 Å². The molecule has 66 valence electrons. The van der Waals surface area contributed by atoms with E-state index in [9.17, 15) is 4.79 Å². The van der Waals surface area contributed by atoms with Gasteiger partial charge in [0, 0.05) is 6.07 Å². The summed E-state index contributed by atoms with van der Waals surface area (Å²) in [5, 5.41) is 8.42. The topological polar surface area (TPSA) is 59.7 Å². The Labute approximate surface area is 69.4 Å². The van der Waals surface area contributed by atoms with Gasteiger partial charge in [0.1, 0.15) is 18.6 Å². The molecule has 0 radical (unpaired) electrons. The average Bonchev–Trinajstić information content (AvgIpc) is 2.03. The Morgan fingerprint density at radius 3 is 3.00 bits per heavy atom. The number of hydrogen-bond donors (Lipinski definition) is 1. The van der Waals surface area contributed by atoms with Crippen LogP contribution in [0.4, 0.5) is 0 Å². The van der Waals surface area contributed by atoms with Crippen molar-refractivity contribution in [2.45, 2.75) is 6.92 Å². The number of hydrogen-bond acceptors (Lipinski definition) is 4. The van der Waals surface area contributed by atoms with Crippen LogP contribution < -0.4 is 10.2 Å². The molecule has 1 heterocycles. The van der Waals surface area contributed by atoms with E-state index in [1.54, 1.807) is 6.92 Å². The lowest BCUT2D eigenvalue weighted by Gasteiger charge is -2.01. The number of ether oxygens (including phenoxy) is 1. The molecule has 0 fully saturated rings. The van der Waals surface area contributed by atoms with Gasteiger partial charge >= 0.3 is 0 Å². The number of rotatable bonds is 3. The second-order valence-electron chi connectivity index (χ2n) is 2.29. The summed E-state index contributed by atoms with van der Waals surface area (Å²) in [5.74, 6) is 0.672. The molecular weight excluding hydrogens is 160 g/mol. The van der Waals surface area contributed by atoms with Crippen molar-refractivity contribution in [3.05, 3.63) is 28.3 Å². The Kier molecular flexibility index (Phi) is 2.88. The summed E-state index contributed by atoms with van der Waals surface area (Å²) in [6.07, 6.45) is 1.24. The summed E-state index contributed by atoms with van der Waals surface area (Å²) >= 11 is 0. The zero-order chi connectivity index (χ0) is 8.97. The molecule has 0 amide bonds. The molecule has 0 aromatic carbocycles. The quantitative estimate of drug-likeness (QED) is 0.709. The highest BCUT2D eigenvalue weighted by Crippen LogP contribution is 2.03. The molecule has 0 saturated heterocycles. The van der Waals surface area contributed by atoms with Crippen LogP contribution in [0.3, 0.4) is 0 Å². The van der Waals surface area contributed by atoms with E-state index < -0.39 is 0 Å². The predicted octanol–water partition coefficient (Wildman–Crippen LogP) is 0.319. The van der Waals surface area contributed by atoms with Crippen molar-refractivity contribution < 1.29 is 14.3 Å². The zero-order valence-corrected chi connectivity index (χ0v) is 6.74. The van der Waals surface area contributed by atoms with Gasteiger partial charge in [0.25, 0.3) is 0 Å². The molecule has 12 heavy (non-hydrogen) atoms. The molecule has 0 aliphatic carbocycles. The molecule has 0 spiro atoms. The summed E-state index contributed by atoms with van der Waals surface area (Å²) in [5.41, 5.74) is -0.229. The second-order valence-corrected chi connectivity index (χ2v) is 2.29. The Morgan fingerprint density at radius 1 is 1.67 bits per heavy atom.